The summed E-state index contributed by atoms with van der Waals surface area (Å²) in [5, 5.41) is 0. The lowest BCUT2D eigenvalue weighted by Crippen LogP contribution is -2.27. The van der Waals surface area contributed by atoms with Gasteiger partial charge in [-0.05, 0) is 60.7 Å². The van der Waals surface area contributed by atoms with E-state index in [1.807, 2.05) is 48.5 Å². The van der Waals surface area contributed by atoms with Gasteiger partial charge in [-0.1, -0.05) is 43.5 Å². The third kappa shape index (κ3) is 4.70. The maximum Gasteiger partial charge on any atom is 0.240 e. The minimum absolute atomic E-state index is 0.269. The second-order valence-corrected chi connectivity index (χ2v) is 10.4. The van der Waals surface area contributed by atoms with Crippen LogP contribution in [0.3, 0.4) is 0 Å². The molecule has 6 nitrogen and oxygen atoms in total. The van der Waals surface area contributed by atoms with Crippen molar-refractivity contribution in [3.8, 4) is 11.4 Å². The minimum atomic E-state index is -3.59. The van der Waals surface area contributed by atoms with Gasteiger partial charge in [0.1, 0.15) is 5.82 Å². The third-order valence-electron chi connectivity index (χ3n) is 6.49. The molecule has 1 aliphatic rings. The van der Waals surface area contributed by atoms with Gasteiger partial charge < -0.3 is 4.57 Å². The normalized spacial score (nSPS) is 15.2. The Labute approximate surface area is 194 Å². The van der Waals surface area contributed by atoms with E-state index >= 15 is 0 Å². The molecule has 1 fully saturated rings. The lowest BCUT2D eigenvalue weighted by Gasteiger charge is -2.22. The van der Waals surface area contributed by atoms with Crippen molar-refractivity contribution in [2.75, 3.05) is 6.54 Å². The predicted octanol–water partition coefficient (Wildman–Crippen LogP) is 5.12. The highest BCUT2D eigenvalue weighted by Crippen LogP contribution is 2.33. The zero-order chi connectivity index (χ0) is 22.7. The summed E-state index contributed by atoms with van der Waals surface area (Å²) in [5.41, 5.74) is 4.05. The molecule has 5 rings (SSSR count). The maximum atomic E-state index is 12.9. The van der Waals surface area contributed by atoms with Crippen LogP contribution in [0.25, 0.3) is 22.4 Å². The average Bonchev–Trinajstić information content (AvgIpc) is 3.24. The van der Waals surface area contributed by atoms with E-state index in [4.69, 9.17) is 4.98 Å². The number of aromatic nitrogens is 3. The van der Waals surface area contributed by atoms with Crippen LogP contribution in [-0.2, 0) is 16.6 Å². The molecular formula is C26H28N4O2S. The molecule has 4 aromatic rings. The first kappa shape index (κ1) is 21.8. The fourth-order valence-corrected chi connectivity index (χ4v) is 5.77. The Morgan fingerprint density at radius 3 is 2.39 bits per heavy atom. The number of nitrogens with one attached hydrogen (secondary N) is 1. The quantitative estimate of drug-likeness (QED) is 0.415. The number of hydrogen-bond donors (Lipinski definition) is 1. The molecule has 0 bridgehead atoms. The molecule has 0 radical (unpaired) electrons. The first-order chi connectivity index (χ1) is 16.1. The summed E-state index contributed by atoms with van der Waals surface area (Å²) < 4.78 is 30.7. The Kier molecular flexibility index (Phi) is 6.24. The van der Waals surface area contributed by atoms with E-state index < -0.39 is 10.0 Å². The van der Waals surface area contributed by atoms with Crippen molar-refractivity contribution in [2.45, 2.75) is 49.5 Å². The second-order valence-electron chi connectivity index (χ2n) is 8.61. The minimum Gasteiger partial charge on any atom is -0.323 e. The molecule has 170 valence electrons. The molecule has 2 heterocycles. The monoisotopic (exact) mass is 460 g/mol. The lowest BCUT2D eigenvalue weighted by molar-refractivity contribution is 0.443. The predicted molar refractivity (Wildman–Crippen MR) is 130 cm³/mol. The van der Waals surface area contributed by atoms with Crippen molar-refractivity contribution in [3.05, 3.63) is 78.6 Å². The van der Waals surface area contributed by atoms with Crippen molar-refractivity contribution in [1.29, 1.82) is 0 Å². The summed E-state index contributed by atoms with van der Waals surface area (Å²) in [6.07, 6.45) is 9.69. The first-order valence-electron chi connectivity index (χ1n) is 11.6. The fourth-order valence-electron chi connectivity index (χ4n) is 4.75. The number of hydrogen-bond acceptors (Lipinski definition) is 4. The number of benzene rings is 2. The highest BCUT2D eigenvalue weighted by atomic mass is 32.2. The van der Waals surface area contributed by atoms with Gasteiger partial charge in [0.2, 0.25) is 10.0 Å². The Morgan fingerprint density at radius 1 is 0.909 bits per heavy atom. The van der Waals surface area contributed by atoms with Gasteiger partial charge in [0.05, 0.1) is 15.9 Å². The molecule has 1 aliphatic carbocycles. The van der Waals surface area contributed by atoms with Crippen LogP contribution >= 0.6 is 0 Å². The molecule has 33 heavy (non-hydrogen) atoms. The molecule has 2 aromatic heterocycles. The molecule has 0 atom stereocenters. The van der Waals surface area contributed by atoms with Crippen molar-refractivity contribution < 1.29 is 8.42 Å². The van der Waals surface area contributed by atoms with Crippen molar-refractivity contribution in [1.82, 2.24) is 19.3 Å². The zero-order valence-electron chi connectivity index (χ0n) is 18.5. The summed E-state index contributed by atoms with van der Waals surface area (Å²) in [6, 6.07) is 19.2. The first-order valence-corrected chi connectivity index (χ1v) is 13.1. The van der Waals surface area contributed by atoms with E-state index in [2.05, 4.69) is 14.3 Å². The summed E-state index contributed by atoms with van der Waals surface area (Å²) in [5.74, 6) is 1.36. The van der Waals surface area contributed by atoms with Crippen LogP contribution in [0, 0.1) is 0 Å². The van der Waals surface area contributed by atoms with Crippen LogP contribution in [-0.4, -0.2) is 29.5 Å². The molecule has 1 saturated carbocycles. The van der Waals surface area contributed by atoms with Crippen molar-refractivity contribution in [3.63, 3.8) is 0 Å². The van der Waals surface area contributed by atoms with E-state index in [1.54, 1.807) is 24.5 Å². The molecule has 0 aliphatic heterocycles. The highest BCUT2D eigenvalue weighted by Gasteiger charge is 2.19. The number of pyridine rings is 1. The van der Waals surface area contributed by atoms with E-state index in [-0.39, 0.29) is 6.54 Å². The van der Waals surface area contributed by atoms with Gasteiger partial charge >= 0.3 is 0 Å². The highest BCUT2D eigenvalue weighted by molar-refractivity contribution is 7.89. The van der Waals surface area contributed by atoms with Gasteiger partial charge in [0.15, 0.2) is 0 Å². The fraction of sp³-hybridized carbons (Fsp3) is 0.308. The van der Waals surface area contributed by atoms with Crippen molar-refractivity contribution >= 4 is 21.1 Å². The van der Waals surface area contributed by atoms with Crippen LogP contribution < -0.4 is 4.72 Å². The number of para-hydroxylation sites is 2. The van der Waals surface area contributed by atoms with Crippen LogP contribution in [0.15, 0.2) is 78.0 Å². The molecule has 0 saturated heterocycles. The van der Waals surface area contributed by atoms with Gasteiger partial charge in [-0.3, -0.25) is 4.98 Å². The van der Waals surface area contributed by atoms with Gasteiger partial charge in [-0.15, -0.1) is 0 Å². The number of imidazole rings is 1. The number of fused-ring (bicyclic) bond motifs is 1. The van der Waals surface area contributed by atoms with Gasteiger partial charge in [-0.25, -0.2) is 18.1 Å². The Balaban J connectivity index is 1.32. The van der Waals surface area contributed by atoms with E-state index in [0.29, 0.717) is 17.4 Å². The Bertz CT molecular complexity index is 1330. The van der Waals surface area contributed by atoms with Crippen LogP contribution in [0.5, 0.6) is 0 Å². The zero-order valence-corrected chi connectivity index (χ0v) is 19.3. The molecule has 0 amide bonds. The third-order valence-corrected chi connectivity index (χ3v) is 7.96. The SMILES string of the molecule is O=S(=O)(NCCn1c(-c2ccncc2)nc2ccccc21)c1ccc(C2CCCCC2)cc1. The lowest BCUT2D eigenvalue weighted by atomic mass is 9.84. The number of rotatable bonds is 7. The summed E-state index contributed by atoms with van der Waals surface area (Å²) in [4.78, 5) is 9.17. The van der Waals surface area contributed by atoms with Gasteiger partial charge in [0, 0.05) is 31.0 Å². The van der Waals surface area contributed by atoms with Crippen LogP contribution in [0.1, 0.15) is 43.6 Å². The summed E-state index contributed by atoms with van der Waals surface area (Å²) in [7, 11) is -3.59. The van der Waals surface area contributed by atoms with Crippen LogP contribution in [0.4, 0.5) is 0 Å². The summed E-state index contributed by atoms with van der Waals surface area (Å²) >= 11 is 0. The molecule has 7 heteroatoms. The van der Waals surface area contributed by atoms with Crippen LogP contribution in [0.2, 0.25) is 0 Å². The van der Waals surface area contributed by atoms with E-state index in [9.17, 15) is 8.42 Å². The maximum absolute atomic E-state index is 12.9. The Hall–Kier alpha value is -3.03. The topological polar surface area (TPSA) is 76.9 Å². The molecule has 0 unspecified atom stereocenters. The molecule has 0 spiro atoms. The number of sulfonamides is 1. The Morgan fingerprint density at radius 2 is 1.64 bits per heavy atom. The van der Waals surface area contributed by atoms with Crippen molar-refractivity contribution in [2.24, 2.45) is 0 Å². The number of nitrogens with zero attached hydrogens (tertiary/aromatic N) is 3. The smallest absolute Gasteiger partial charge is 0.240 e. The van der Waals surface area contributed by atoms with Gasteiger partial charge in [0.25, 0.3) is 0 Å². The van der Waals surface area contributed by atoms with E-state index in [1.165, 1.54) is 37.7 Å². The molecule has 2 aromatic carbocycles. The van der Waals surface area contributed by atoms with Gasteiger partial charge in [-0.2, -0.15) is 0 Å². The molecular weight excluding hydrogens is 432 g/mol. The largest absolute Gasteiger partial charge is 0.323 e. The average molecular weight is 461 g/mol. The molecule has 1 N–H and O–H groups in total. The summed E-state index contributed by atoms with van der Waals surface area (Å²) in [6.45, 7) is 0.739. The second kappa shape index (κ2) is 9.45. The van der Waals surface area contributed by atoms with E-state index in [0.717, 1.165) is 22.4 Å². The standard InChI is InChI=1S/C26H28N4O2S/c31-33(32,23-12-10-21(11-13-23)20-6-2-1-3-7-20)28-18-19-30-25-9-5-4-8-24(25)29-26(30)22-14-16-27-17-15-22/h4-5,8-17,20,28H,1-3,6-7,18-19H2.